The van der Waals surface area contributed by atoms with E-state index in [-0.39, 0.29) is 7.92 Å². The van der Waals surface area contributed by atoms with Crippen molar-refractivity contribution >= 4 is 18.5 Å². The van der Waals surface area contributed by atoms with Crippen LogP contribution in [-0.2, 0) is 0 Å². The molecule has 0 heterocycles. The smallest absolute Gasteiger partial charge is 0.0456 e. The summed E-state index contributed by atoms with van der Waals surface area (Å²) in [6, 6.07) is 22.3. The molecule has 2 rings (SSSR count). The van der Waals surface area contributed by atoms with Crippen LogP contribution < -0.4 is 10.6 Å². The van der Waals surface area contributed by atoms with Crippen LogP contribution in [0.4, 0.5) is 0 Å². The van der Waals surface area contributed by atoms with Crippen LogP contribution in [0.1, 0.15) is 20.8 Å². The summed E-state index contributed by atoms with van der Waals surface area (Å²) >= 11 is 0. The second-order valence-corrected chi connectivity index (χ2v) is 7.50. The molecule has 0 atom stereocenters. The van der Waals surface area contributed by atoms with Gasteiger partial charge in [0.1, 0.15) is 0 Å². The molecule has 21 heavy (non-hydrogen) atoms. The van der Waals surface area contributed by atoms with Crippen LogP contribution in [-0.4, -0.2) is 17.2 Å². The van der Waals surface area contributed by atoms with Crippen LogP contribution in [0.25, 0.3) is 0 Å². The molecule has 0 aliphatic carbocycles. The zero-order valence-electron chi connectivity index (χ0n) is 13.1. The summed E-state index contributed by atoms with van der Waals surface area (Å²) in [5, 5.41) is 2.88. The van der Waals surface area contributed by atoms with E-state index in [1.54, 1.807) is 0 Å². The fraction of sp³-hybridized carbons (Fsp3) is 0.263. The Morgan fingerprint density at radius 3 is 1.76 bits per heavy atom. The monoisotopic (exact) mass is 297 g/mol. The average Bonchev–Trinajstić information content (AvgIpc) is 2.53. The van der Waals surface area contributed by atoms with Crippen LogP contribution in [0.15, 0.2) is 72.9 Å². The van der Waals surface area contributed by atoms with Gasteiger partial charge in [0.15, 0.2) is 0 Å². The van der Waals surface area contributed by atoms with Gasteiger partial charge in [0.05, 0.1) is 0 Å². The molecule has 0 radical (unpaired) electrons. The van der Waals surface area contributed by atoms with Crippen molar-refractivity contribution in [3.63, 3.8) is 0 Å². The lowest BCUT2D eigenvalue weighted by molar-refractivity contribution is 0.359. The van der Waals surface area contributed by atoms with Crippen molar-refractivity contribution in [2.24, 2.45) is 0 Å². The lowest BCUT2D eigenvalue weighted by atomic mass is 10.3. The molecule has 0 unspecified atom stereocenters. The van der Waals surface area contributed by atoms with E-state index in [9.17, 15) is 0 Å². The molecule has 0 aliphatic rings. The van der Waals surface area contributed by atoms with Crippen LogP contribution in [0, 0.1) is 0 Å². The highest BCUT2D eigenvalue weighted by molar-refractivity contribution is 7.72. The average molecular weight is 297 g/mol. The van der Waals surface area contributed by atoms with Crippen molar-refractivity contribution in [3.8, 4) is 0 Å². The fourth-order valence-electron chi connectivity index (χ4n) is 2.27. The second kappa shape index (κ2) is 8.00. The van der Waals surface area contributed by atoms with Crippen molar-refractivity contribution < 1.29 is 0 Å². The highest BCUT2D eigenvalue weighted by Gasteiger charge is 2.17. The Balaban J connectivity index is 2.33. The van der Waals surface area contributed by atoms with Crippen LogP contribution in [0.5, 0.6) is 0 Å². The van der Waals surface area contributed by atoms with Crippen molar-refractivity contribution in [3.05, 3.63) is 72.9 Å². The van der Waals surface area contributed by atoms with Gasteiger partial charge >= 0.3 is 0 Å². The summed E-state index contributed by atoms with van der Waals surface area (Å²) in [6.45, 7) is 6.59. The van der Waals surface area contributed by atoms with Crippen molar-refractivity contribution in [1.29, 1.82) is 0 Å². The van der Waals surface area contributed by atoms with Crippen LogP contribution in [0.3, 0.4) is 0 Å². The topological polar surface area (TPSA) is 3.24 Å². The summed E-state index contributed by atoms with van der Waals surface area (Å²) in [7, 11) is -0.360. The second-order valence-electron chi connectivity index (χ2n) is 5.33. The molecule has 1 nitrogen and oxygen atoms in total. The molecular formula is C19H24NP. The number of rotatable bonds is 6. The Hall–Kier alpha value is -1.59. The van der Waals surface area contributed by atoms with E-state index in [0.29, 0.717) is 6.04 Å². The largest absolute Gasteiger partial charge is 0.371 e. The Labute approximate surface area is 130 Å². The predicted molar refractivity (Wildman–Crippen MR) is 95.7 cm³/mol. The first-order valence-electron chi connectivity index (χ1n) is 7.48. The van der Waals surface area contributed by atoms with E-state index in [0.717, 1.165) is 6.29 Å². The molecule has 0 fully saturated rings. The van der Waals surface area contributed by atoms with Gasteiger partial charge in [-0.2, -0.15) is 0 Å². The van der Waals surface area contributed by atoms with Crippen LogP contribution in [0.2, 0.25) is 0 Å². The molecule has 110 valence electrons. The number of hydrogen-bond acceptors (Lipinski definition) is 1. The maximum absolute atomic E-state index is 2.44. The molecule has 0 saturated carbocycles. The predicted octanol–water partition coefficient (Wildman–Crippen LogP) is 4.32. The summed E-state index contributed by atoms with van der Waals surface area (Å²) in [4.78, 5) is 2.44. The number of allylic oxidation sites excluding steroid dienone is 1. The Morgan fingerprint density at radius 2 is 1.38 bits per heavy atom. The first kappa shape index (κ1) is 15.8. The molecule has 2 aromatic carbocycles. The first-order valence-corrected chi connectivity index (χ1v) is 9.01. The van der Waals surface area contributed by atoms with Gasteiger partial charge in [-0.1, -0.05) is 66.7 Å². The summed E-state index contributed by atoms with van der Waals surface area (Å²) in [5.74, 6) is 0. The quantitative estimate of drug-likeness (QED) is 0.718. The number of nitrogens with zero attached hydrogens (tertiary/aromatic N) is 1. The molecular weight excluding hydrogens is 273 g/mol. The molecule has 0 N–H and O–H groups in total. The minimum atomic E-state index is -0.360. The molecule has 0 bridgehead atoms. The van der Waals surface area contributed by atoms with Gasteiger partial charge in [-0.25, -0.2) is 0 Å². The maximum Gasteiger partial charge on any atom is 0.0456 e. The lowest BCUT2D eigenvalue weighted by Crippen LogP contribution is -2.29. The normalized spacial score (nSPS) is 11.5. The molecule has 0 aliphatic heterocycles. The van der Waals surface area contributed by atoms with E-state index >= 15 is 0 Å². The molecule has 0 amide bonds. The Kier molecular flexibility index (Phi) is 6.02. The summed E-state index contributed by atoms with van der Waals surface area (Å²) < 4.78 is 0. The zero-order chi connectivity index (χ0) is 15.1. The van der Waals surface area contributed by atoms with Crippen molar-refractivity contribution in [2.75, 3.05) is 6.29 Å². The SMILES string of the molecule is C/C=C\N(CP(c1ccccc1)c1ccccc1)C(C)C. The number of hydrogen-bond donors (Lipinski definition) is 0. The van der Waals surface area contributed by atoms with E-state index in [1.807, 2.05) is 0 Å². The Bertz CT molecular complexity index is 509. The summed E-state index contributed by atoms with van der Waals surface area (Å²) in [5.41, 5.74) is 0. The van der Waals surface area contributed by atoms with Crippen molar-refractivity contribution in [1.82, 2.24) is 4.90 Å². The fourth-order valence-corrected chi connectivity index (χ4v) is 4.70. The maximum atomic E-state index is 2.44. The lowest BCUT2D eigenvalue weighted by Gasteiger charge is -2.30. The van der Waals surface area contributed by atoms with E-state index in [4.69, 9.17) is 0 Å². The van der Waals surface area contributed by atoms with E-state index in [1.165, 1.54) is 10.6 Å². The third-order valence-corrected chi connectivity index (χ3v) is 5.90. The third kappa shape index (κ3) is 4.44. The standard InChI is InChI=1S/C19H24NP/c1-4-15-20(17(2)3)16-21(18-11-7-5-8-12-18)19-13-9-6-10-14-19/h4-15,17H,16H2,1-3H3/b15-4-. The molecule has 0 aromatic heterocycles. The van der Waals surface area contributed by atoms with Crippen molar-refractivity contribution in [2.45, 2.75) is 26.8 Å². The molecule has 2 heteroatoms. The zero-order valence-corrected chi connectivity index (χ0v) is 14.0. The van der Waals surface area contributed by atoms with Gasteiger partial charge in [0.25, 0.3) is 0 Å². The van der Waals surface area contributed by atoms with Gasteiger partial charge in [-0.05, 0) is 45.5 Å². The highest BCUT2D eigenvalue weighted by Crippen LogP contribution is 2.35. The van der Waals surface area contributed by atoms with Gasteiger partial charge in [-0.15, -0.1) is 0 Å². The first-order chi connectivity index (χ1) is 10.2. The van der Waals surface area contributed by atoms with E-state index < -0.39 is 0 Å². The number of benzene rings is 2. The minimum absolute atomic E-state index is 0.360. The third-order valence-electron chi connectivity index (χ3n) is 3.44. The van der Waals surface area contributed by atoms with Gasteiger partial charge < -0.3 is 4.90 Å². The summed E-state index contributed by atoms with van der Waals surface area (Å²) in [6.07, 6.45) is 5.40. The van der Waals surface area contributed by atoms with Crippen LogP contribution >= 0.6 is 7.92 Å². The van der Waals surface area contributed by atoms with E-state index in [2.05, 4.69) is 98.6 Å². The Morgan fingerprint density at radius 1 is 0.905 bits per heavy atom. The van der Waals surface area contributed by atoms with Gasteiger partial charge in [0.2, 0.25) is 0 Å². The molecule has 0 spiro atoms. The minimum Gasteiger partial charge on any atom is -0.371 e. The molecule has 0 saturated heterocycles. The highest BCUT2D eigenvalue weighted by atomic mass is 31.1. The molecule has 2 aromatic rings. The van der Waals surface area contributed by atoms with Gasteiger partial charge in [0, 0.05) is 12.3 Å². The van der Waals surface area contributed by atoms with Gasteiger partial charge in [-0.3, -0.25) is 0 Å².